The molecule has 140 valence electrons. The minimum Gasteiger partial charge on any atom is -0.351 e. The van der Waals surface area contributed by atoms with Crippen LogP contribution < -0.4 is 5.32 Å². The third-order valence-corrected chi connectivity index (χ3v) is 7.70. The van der Waals surface area contributed by atoms with Crippen LogP contribution in [0.1, 0.15) is 23.3 Å². The Balaban J connectivity index is 1.68. The molecular formula is C18H21ClN2O3S2. The first kappa shape index (κ1) is 19.4. The van der Waals surface area contributed by atoms with Gasteiger partial charge in [-0.1, -0.05) is 23.7 Å². The number of aryl methyl sites for hydroxylation is 1. The second-order valence-electron chi connectivity index (χ2n) is 6.41. The smallest absolute Gasteiger partial charge is 0.243 e. The van der Waals surface area contributed by atoms with E-state index < -0.39 is 10.0 Å². The van der Waals surface area contributed by atoms with Gasteiger partial charge in [-0.3, -0.25) is 4.79 Å². The Morgan fingerprint density at radius 2 is 2.19 bits per heavy atom. The van der Waals surface area contributed by atoms with Crippen molar-refractivity contribution in [2.75, 3.05) is 13.1 Å². The summed E-state index contributed by atoms with van der Waals surface area (Å²) >= 11 is 7.66. The average molecular weight is 413 g/mol. The maximum absolute atomic E-state index is 12.9. The lowest BCUT2D eigenvalue weighted by Gasteiger charge is -2.31. The molecule has 1 saturated heterocycles. The van der Waals surface area contributed by atoms with Gasteiger partial charge >= 0.3 is 0 Å². The highest BCUT2D eigenvalue weighted by atomic mass is 35.5. The molecule has 2 heterocycles. The molecule has 8 heteroatoms. The molecule has 2 aromatic rings. The molecule has 3 rings (SSSR count). The van der Waals surface area contributed by atoms with Crippen LogP contribution in [0.4, 0.5) is 0 Å². The molecule has 1 aliphatic rings. The van der Waals surface area contributed by atoms with Crippen LogP contribution in [0.25, 0.3) is 0 Å². The topological polar surface area (TPSA) is 66.5 Å². The molecular weight excluding hydrogens is 392 g/mol. The van der Waals surface area contributed by atoms with Crippen molar-refractivity contribution in [3.8, 4) is 0 Å². The highest BCUT2D eigenvalue weighted by molar-refractivity contribution is 7.89. The first-order chi connectivity index (χ1) is 12.4. The SMILES string of the molecule is Cc1ccc(S(=O)(=O)N2CCCC(C(=O)NCc3cccs3)C2)cc1Cl. The molecule has 1 atom stereocenters. The molecule has 0 radical (unpaired) electrons. The average Bonchev–Trinajstić information content (AvgIpc) is 3.15. The maximum atomic E-state index is 12.9. The van der Waals surface area contributed by atoms with Crippen molar-refractivity contribution in [3.63, 3.8) is 0 Å². The van der Waals surface area contributed by atoms with E-state index in [4.69, 9.17) is 11.6 Å². The van der Waals surface area contributed by atoms with Crippen LogP contribution in [0, 0.1) is 12.8 Å². The molecule has 1 unspecified atom stereocenters. The molecule has 1 aliphatic heterocycles. The predicted octanol–water partition coefficient (Wildman–Crippen LogP) is 3.43. The molecule has 26 heavy (non-hydrogen) atoms. The first-order valence-corrected chi connectivity index (χ1v) is 11.1. The minimum atomic E-state index is -3.65. The number of carbonyl (C=O) groups is 1. The number of amides is 1. The van der Waals surface area contributed by atoms with E-state index in [0.29, 0.717) is 31.0 Å². The largest absolute Gasteiger partial charge is 0.351 e. The Morgan fingerprint density at radius 1 is 1.38 bits per heavy atom. The van der Waals surface area contributed by atoms with E-state index in [2.05, 4.69) is 5.32 Å². The fraction of sp³-hybridized carbons (Fsp3) is 0.389. The highest BCUT2D eigenvalue weighted by Gasteiger charge is 2.33. The van der Waals surface area contributed by atoms with E-state index in [0.717, 1.165) is 10.4 Å². The zero-order valence-electron chi connectivity index (χ0n) is 14.4. The molecule has 1 aromatic heterocycles. The van der Waals surface area contributed by atoms with E-state index in [1.54, 1.807) is 23.5 Å². The second kappa shape index (κ2) is 8.08. The molecule has 5 nitrogen and oxygen atoms in total. The standard InChI is InChI=1S/C18H21ClN2O3S2/c1-13-6-7-16(10-17(13)19)26(23,24)21-8-2-4-14(12-21)18(22)20-11-15-5-3-9-25-15/h3,5-7,9-10,14H,2,4,8,11-12H2,1H3,(H,20,22). The molecule has 0 saturated carbocycles. The van der Waals surface area contributed by atoms with E-state index in [9.17, 15) is 13.2 Å². The molecule has 0 spiro atoms. The van der Waals surface area contributed by atoms with Gasteiger partial charge in [0.25, 0.3) is 0 Å². The van der Waals surface area contributed by atoms with Gasteiger partial charge < -0.3 is 5.32 Å². The molecule has 1 N–H and O–H groups in total. The third kappa shape index (κ3) is 4.28. The number of rotatable bonds is 5. The lowest BCUT2D eigenvalue weighted by molar-refractivity contribution is -0.126. The van der Waals surface area contributed by atoms with Gasteiger partial charge in [-0.2, -0.15) is 4.31 Å². The second-order valence-corrected chi connectivity index (χ2v) is 9.79. The van der Waals surface area contributed by atoms with E-state index >= 15 is 0 Å². The Bertz CT molecular complexity index is 882. The number of sulfonamides is 1. The summed E-state index contributed by atoms with van der Waals surface area (Å²) in [7, 11) is -3.65. The monoisotopic (exact) mass is 412 g/mol. The number of halogens is 1. The molecule has 0 aliphatic carbocycles. The van der Waals surface area contributed by atoms with Gasteiger partial charge in [0, 0.05) is 23.0 Å². The van der Waals surface area contributed by atoms with Gasteiger partial charge in [0.2, 0.25) is 15.9 Å². The lowest BCUT2D eigenvalue weighted by Crippen LogP contribution is -2.45. The van der Waals surface area contributed by atoms with Gasteiger partial charge in [-0.25, -0.2) is 8.42 Å². The third-order valence-electron chi connectivity index (χ3n) is 4.55. The van der Waals surface area contributed by atoms with Crippen LogP contribution >= 0.6 is 22.9 Å². The van der Waals surface area contributed by atoms with Crippen molar-refractivity contribution < 1.29 is 13.2 Å². The van der Waals surface area contributed by atoms with Crippen LogP contribution in [-0.2, 0) is 21.4 Å². The fourth-order valence-electron chi connectivity index (χ4n) is 2.99. The van der Waals surface area contributed by atoms with Crippen molar-refractivity contribution in [2.45, 2.75) is 31.2 Å². The summed E-state index contributed by atoms with van der Waals surface area (Å²) in [5.74, 6) is -0.431. The van der Waals surface area contributed by atoms with E-state index in [1.807, 2.05) is 24.4 Å². The summed E-state index contributed by atoms with van der Waals surface area (Å²) < 4.78 is 27.2. The molecule has 1 amide bonds. The summed E-state index contributed by atoms with van der Waals surface area (Å²) in [4.78, 5) is 13.7. The number of thiophene rings is 1. The Morgan fingerprint density at radius 3 is 2.88 bits per heavy atom. The van der Waals surface area contributed by atoms with Gasteiger partial charge in [0.1, 0.15) is 0 Å². The summed E-state index contributed by atoms with van der Waals surface area (Å²) in [5, 5.41) is 5.30. The van der Waals surface area contributed by atoms with Crippen LogP contribution in [0.3, 0.4) is 0 Å². The number of benzene rings is 1. The van der Waals surface area contributed by atoms with Crippen molar-refractivity contribution in [1.82, 2.24) is 9.62 Å². The number of hydrogen-bond donors (Lipinski definition) is 1. The number of nitrogens with zero attached hydrogens (tertiary/aromatic N) is 1. The summed E-state index contributed by atoms with van der Waals surface area (Å²) in [6, 6.07) is 8.64. The summed E-state index contributed by atoms with van der Waals surface area (Å²) in [6.45, 7) is 2.92. The first-order valence-electron chi connectivity index (χ1n) is 8.44. The van der Waals surface area contributed by atoms with Crippen LogP contribution in [-0.4, -0.2) is 31.7 Å². The normalized spacial score (nSPS) is 18.6. The predicted molar refractivity (Wildman–Crippen MR) is 104 cm³/mol. The van der Waals surface area contributed by atoms with Gasteiger partial charge in [0.05, 0.1) is 17.4 Å². The van der Waals surface area contributed by atoms with Gasteiger partial charge in [0.15, 0.2) is 0 Å². The van der Waals surface area contributed by atoms with E-state index in [1.165, 1.54) is 10.4 Å². The zero-order chi connectivity index (χ0) is 18.7. The van der Waals surface area contributed by atoms with Crippen molar-refractivity contribution >= 4 is 38.9 Å². The zero-order valence-corrected chi connectivity index (χ0v) is 16.8. The van der Waals surface area contributed by atoms with Crippen LogP contribution in [0.5, 0.6) is 0 Å². The highest BCUT2D eigenvalue weighted by Crippen LogP contribution is 2.27. The number of hydrogen-bond acceptors (Lipinski definition) is 4. The lowest BCUT2D eigenvalue weighted by atomic mass is 9.99. The Labute approximate surface area is 163 Å². The van der Waals surface area contributed by atoms with Crippen molar-refractivity contribution in [2.24, 2.45) is 5.92 Å². The number of piperidine rings is 1. The minimum absolute atomic E-state index is 0.0970. The molecule has 1 fully saturated rings. The number of carbonyl (C=O) groups excluding carboxylic acids is 1. The molecule has 0 bridgehead atoms. The number of nitrogens with one attached hydrogen (secondary N) is 1. The summed E-state index contributed by atoms with van der Waals surface area (Å²) in [6.07, 6.45) is 1.35. The Hall–Kier alpha value is -1.41. The maximum Gasteiger partial charge on any atom is 0.243 e. The van der Waals surface area contributed by atoms with Crippen molar-refractivity contribution in [3.05, 3.63) is 51.2 Å². The van der Waals surface area contributed by atoms with Crippen molar-refractivity contribution in [1.29, 1.82) is 0 Å². The molecule has 1 aromatic carbocycles. The van der Waals surface area contributed by atoms with Gasteiger partial charge in [-0.15, -0.1) is 11.3 Å². The fourth-order valence-corrected chi connectivity index (χ4v) is 5.43. The summed E-state index contributed by atoms with van der Waals surface area (Å²) in [5.41, 5.74) is 0.829. The Kier molecular flexibility index (Phi) is 6.02. The van der Waals surface area contributed by atoms with Crippen LogP contribution in [0.2, 0.25) is 5.02 Å². The van der Waals surface area contributed by atoms with E-state index in [-0.39, 0.29) is 23.3 Å². The van der Waals surface area contributed by atoms with Crippen LogP contribution in [0.15, 0.2) is 40.6 Å². The van der Waals surface area contributed by atoms with Gasteiger partial charge in [-0.05, 0) is 48.9 Å². The quantitative estimate of drug-likeness (QED) is 0.818.